The highest BCUT2D eigenvalue weighted by Gasteiger charge is 2.34. The third kappa shape index (κ3) is 4.52. The van der Waals surface area contributed by atoms with Gasteiger partial charge in [-0.1, -0.05) is 39.0 Å². The highest BCUT2D eigenvalue weighted by Crippen LogP contribution is 2.37. The lowest BCUT2D eigenvalue weighted by atomic mass is 9.86. The quantitative estimate of drug-likeness (QED) is 0.824. The second kappa shape index (κ2) is 7.42. The van der Waals surface area contributed by atoms with Crippen molar-refractivity contribution in [3.05, 3.63) is 53.6 Å². The molecule has 1 heterocycles. The molecule has 0 saturated carbocycles. The van der Waals surface area contributed by atoms with Crippen LogP contribution < -0.4 is 15.0 Å². The number of amides is 2. The van der Waals surface area contributed by atoms with Crippen LogP contribution in [-0.4, -0.2) is 25.0 Å². The fourth-order valence-electron chi connectivity index (χ4n) is 3.02. The normalized spacial score (nSPS) is 14.3. The molecule has 0 saturated heterocycles. The zero-order chi connectivity index (χ0) is 21.4. The zero-order valence-corrected chi connectivity index (χ0v) is 16.3. The molecule has 0 unspecified atom stereocenters. The van der Waals surface area contributed by atoms with Gasteiger partial charge in [-0.05, 0) is 35.2 Å². The Balaban J connectivity index is 1.83. The molecular formula is C21H21F3N2O3. The molecule has 8 heteroatoms. The topological polar surface area (TPSA) is 58.6 Å². The van der Waals surface area contributed by atoms with Crippen molar-refractivity contribution in [1.29, 1.82) is 0 Å². The Kier molecular flexibility index (Phi) is 5.30. The van der Waals surface area contributed by atoms with Crippen molar-refractivity contribution in [3.8, 4) is 5.75 Å². The van der Waals surface area contributed by atoms with E-state index in [-0.39, 0.29) is 17.7 Å². The maximum absolute atomic E-state index is 13.1. The molecule has 0 aliphatic carbocycles. The molecule has 154 valence electrons. The molecule has 2 aromatic rings. The minimum atomic E-state index is -4.60. The minimum Gasteiger partial charge on any atom is -0.482 e. The van der Waals surface area contributed by atoms with E-state index in [4.69, 9.17) is 4.74 Å². The van der Waals surface area contributed by atoms with E-state index in [0.717, 1.165) is 11.6 Å². The van der Waals surface area contributed by atoms with Crippen LogP contribution in [0.2, 0.25) is 0 Å². The number of hydrogen-bond donors (Lipinski definition) is 1. The van der Waals surface area contributed by atoms with E-state index >= 15 is 0 Å². The smallest absolute Gasteiger partial charge is 0.418 e. The highest BCUT2D eigenvalue weighted by molar-refractivity contribution is 6.05. The zero-order valence-electron chi connectivity index (χ0n) is 16.3. The molecule has 2 amide bonds. The van der Waals surface area contributed by atoms with E-state index in [2.05, 4.69) is 5.32 Å². The van der Waals surface area contributed by atoms with Gasteiger partial charge in [-0.15, -0.1) is 0 Å². The predicted molar refractivity (Wildman–Crippen MR) is 103 cm³/mol. The van der Waals surface area contributed by atoms with Gasteiger partial charge in [0.15, 0.2) is 6.61 Å². The van der Waals surface area contributed by atoms with E-state index in [9.17, 15) is 22.8 Å². The molecular weight excluding hydrogens is 385 g/mol. The number of ether oxygens (including phenoxy) is 1. The molecule has 0 spiro atoms. The Morgan fingerprint density at radius 3 is 2.48 bits per heavy atom. The summed E-state index contributed by atoms with van der Waals surface area (Å²) in [5.74, 6) is -0.719. The van der Waals surface area contributed by atoms with E-state index in [1.54, 1.807) is 6.07 Å². The number of rotatable bonds is 3. The first-order valence-corrected chi connectivity index (χ1v) is 9.00. The molecule has 5 nitrogen and oxygen atoms in total. The maximum Gasteiger partial charge on any atom is 0.418 e. The van der Waals surface area contributed by atoms with Crippen LogP contribution in [0.1, 0.15) is 31.9 Å². The van der Waals surface area contributed by atoms with Gasteiger partial charge in [0.2, 0.25) is 5.91 Å². The van der Waals surface area contributed by atoms with Crippen molar-refractivity contribution >= 4 is 23.2 Å². The Bertz CT molecular complexity index is 949. The van der Waals surface area contributed by atoms with Gasteiger partial charge in [-0.3, -0.25) is 14.5 Å². The van der Waals surface area contributed by atoms with Gasteiger partial charge in [0.25, 0.3) is 5.91 Å². The Hall–Kier alpha value is -3.03. The van der Waals surface area contributed by atoms with Crippen LogP contribution in [0.3, 0.4) is 0 Å². The average molecular weight is 406 g/mol. The van der Waals surface area contributed by atoms with Crippen molar-refractivity contribution in [3.63, 3.8) is 0 Å². The lowest BCUT2D eigenvalue weighted by Gasteiger charge is -2.30. The number of halogens is 3. The number of fused-ring (bicyclic) bond motifs is 1. The minimum absolute atomic E-state index is 0.136. The van der Waals surface area contributed by atoms with Crippen LogP contribution in [0.5, 0.6) is 5.75 Å². The molecule has 2 aromatic carbocycles. The molecule has 0 fully saturated rings. The number of benzene rings is 2. The van der Waals surface area contributed by atoms with E-state index in [0.29, 0.717) is 11.4 Å². The lowest BCUT2D eigenvalue weighted by molar-refractivity contribution is -0.137. The molecule has 29 heavy (non-hydrogen) atoms. The van der Waals surface area contributed by atoms with Crippen molar-refractivity contribution in [2.45, 2.75) is 32.4 Å². The van der Waals surface area contributed by atoms with Crippen LogP contribution in [0.25, 0.3) is 0 Å². The monoisotopic (exact) mass is 406 g/mol. The van der Waals surface area contributed by atoms with Crippen LogP contribution in [0.4, 0.5) is 24.5 Å². The number of alkyl halides is 3. The molecule has 1 aliphatic heterocycles. The number of nitrogens with zero attached hydrogens (tertiary/aromatic N) is 1. The maximum atomic E-state index is 13.1. The predicted octanol–water partition coefficient (Wildman–Crippen LogP) is 4.37. The summed E-state index contributed by atoms with van der Waals surface area (Å²) in [5, 5.41) is 2.26. The summed E-state index contributed by atoms with van der Waals surface area (Å²) >= 11 is 0. The highest BCUT2D eigenvalue weighted by atomic mass is 19.4. The van der Waals surface area contributed by atoms with Gasteiger partial charge in [0.05, 0.1) is 16.9 Å². The largest absolute Gasteiger partial charge is 0.482 e. The van der Waals surface area contributed by atoms with Crippen molar-refractivity contribution in [1.82, 2.24) is 0 Å². The fraction of sp³-hybridized carbons (Fsp3) is 0.333. The number of hydrogen-bond acceptors (Lipinski definition) is 3. The molecule has 0 atom stereocenters. The van der Waals surface area contributed by atoms with Crippen molar-refractivity contribution < 1.29 is 27.5 Å². The van der Waals surface area contributed by atoms with Crippen LogP contribution in [0, 0.1) is 0 Å². The first-order chi connectivity index (χ1) is 13.5. The van der Waals surface area contributed by atoms with Crippen molar-refractivity contribution in [2.75, 3.05) is 23.4 Å². The summed E-state index contributed by atoms with van der Waals surface area (Å²) in [6, 6.07) is 10.0. The summed E-state index contributed by atoms with van der Waals surface area (Å²) in [5.41, 5.74) is -0.0305. The summed E-state index contributed by atoms with van der Waals surface area (Å²) < 4.78 is 44.8. The molecule has 1 aliphatic rings. The van der Waals surface area contributed by atoms with E-state index in [1.165, 1.54) is 23.1 Å². The van der Waals surface area contributed by atoms with Gasteiger partial charge in [-0.25, -0.2) is 0 Å². The van der Waals surface area contributed by atoms with E-state index in [1.807, 2.05) is 32.9 Å². The van der Waals surface area contributed by atoms with Crippen LogP contribution in [-0.2, 0) is 21.2 Å². The number of para-hydroxylation sites is 1. The number of nitrogens with one attached hydrogen (secondary N) is 1. The Labute approximate surface area is 166 Å². The SMILES string of the molecule is CC(C)(C)c1ccc2c(c1)OCC(=O)N2CC(=O)Nc1ccccc1C(F)(F)F. The summed E-state index contributed by atoms with van der Waals surface area (Å²) in [4.78, 5) is 25.9. The van der Waals surface area contributed by atoms with Gasteiger partial charge in [0, 0.05) is 0 Å². The fourth-order valence-corrected chi connectivity index (χ4v) is 3.02. The number of carbonyl (C=O) groups excluding carboxylic acids is 2. The third-order valence-electron chi connectivity index (χ3n) is 4.58. The average Bonchev–Trinajstić information content (AvgIpc) is 2.62. The standard InChI is InChI=1S/C21H21F3N2O3/c1-20(2,3)13-8-9-16-17(10-13)29-12-19(28)26(16)11-18(27)25-15-7-5-4-6-14(15)21(22,23)24/h4-10H,11-12H2,1-3H3,(H,25,27). The number of anilines is 2. The summed E-state index contributed by atoms with van der Waals surface area (Å²) in [6.07, 6.45) is -4.60. The van der Waals surface area contributed by atoms with E-state index < -0.39 is 30.1 Å². The van der Waals surface area contributed by atoms with Crippen LogP contribution in [0.15, 0.2) is 42.5 Å². The van der Waals surface area contributed by atoms with Gasteiger partial charge >= 0.3 is 6.18 Å². The second-order valence-corrected chi connectivity index (χ2v) is 7.79. The van der Waals surface area contributed by atoms with Gasteiger partial charge < -0.3 is 10.1 Å². The van der Waals surface area contributed by atoms with Gasteiger partial charge in [0.1, 0.15) is 12.3 Å². The number of carbonyl (C=O) groups is 2. The van der Waals surface area contributed by atoms with Crippen molar-refractivity contribution in [2.24, 2.45) is 0 Å². The lowest BCUT2D eigenvalue weighted by Crippen LogP contribution is -2.43. The molecule has 3 rings (SSSR count). The Morgan fingerprint density at radius 1 is 1.14 bits per heavy atom. The van der Waals surface area contributed by atoms with Gasteiger partial charge in [-0.2, -0.15) is 13.2 Å². The first kappa shape index (κ1) is 20.7. The molecule has 0 aromatic heterocycles. The first-order valence-electron chi connectivity index (χ1n) is 9.00. The second-order valence-electron chi connectivity index (χ2n) is 7.79. The summed E-state index contributed by atoms with van der Waals surface area (Å²) in [6.45, 7) is 5.44. The molecule has 0 radical (unpaired) electrons. The Morgan fingerprint density at radius 2 is 1.83 bits per heavy atom. The van der Waals surface area contributed by atoms with Crippen LogP contribution >= 0.6 is 0 Å². The molecule has 0 bridgehead atoms. The molecule has 1 N–H and O–H groups in total. The summed E-state index contributed by atoms with van der Waals surface area (Å²) in [7, 11) is 0. The third-order valence-corrected chi connectivity index (χ3v) is 4.58.